The standard InChI is InChI=1S/C19H21N3O9S/c1-20-15-7-5-13(9-16(15)22(25)26)32(27,28)21-10-19(24)31-11-17(23)14-6-4-12(29-2)8-18(14)30-3/h4-9,20-21H,10-11H2,1-3H3. The number of methoxy groups -OCH3 is 2. The zero-order valence-corrected chi connectivity index (χ0v) is 18.2. The number of hydrogen-bond donors (Lipinski definition) is 2. The fraction of sp³-hybridized carbons (Fsp3) is 0.263. The molecule has 0 heterocycles. The summed E-state index contributed by atoms with van der Waals surface area (Å²) in [5.74, 6) is -0.903. The number of rotatable bonds is 11. The Morgan fingerprint density at radius 1 is 1.09 bits per heavy atom. The third kappa shape index (κ3) is 5.92. The Morgan fingerprint density at radius 3 is 2.41 bits per heavy atom. The first-order chi connectivity index (χ1) is 15.1. The van der Waals surface area contributed by atoms with Crippen molar-refractivity contribution in [3.63, 3.8) is 0 Å². The van der Waals surface area contributed by atoms with E-state index in [-0.39, 0.29) is 17.0 Å². The number of carbonyl (C=O) groups excluding carboxylic acids is 2. The van der Waals surface area contributed by atoms with Crippen LogP contribution < -0.4 is 19.5 Å². The van der Waals surface area contributed by atoms with Crippen LogP contribution in [0, 0.1) is 10.1 Å². The number of carbonyl (C=O) groups is 2. The molecule has 0 fully saturated rings. The highest BCUT2D eigenvalue weighted by Gasteiger charge is 2.22. The fourth-order valence-corrected chi connectivity index (χ4v) is 3.57. The van der Waals surface area contributed by atoms with E-state index in [1.165, 1.54) is 45.5 Å². The van der Waals surface area contributed by atoms with Gasteiger partial charge in [-0.05, 0) is 24.3 Å². The highest BCUT2D eigenvalue weighted by atomic mass is 32.2. The zero-order valence-electron chi connectivity index (χ0n) is 17.4. The number of hydrogen-bond acceptors (Lipinski definition) is 10. The predicted octanol–water partition coefficient (Wildman–Crippen LogP) is 1.36. The minimum atomic E-state index is -4.25. The number of sulfonamides is 1. The van der Waals surface area contributed by atoms with Gasteiger partial charge >= 0.3 is 5.97 Å². The second kappa shape index (κ2) is 10.5. The third-order valence-corrected chi connectivity index (χ3v) is 5.62. The van der Waals surface area contributed by atoms with Gasteiger partial charge in [0.05, 0.1) is 29.6 Å². The zero-order chi connectivity index (χ0) is 23.9. The van der Waals surface area contributed by atoms with Crippen molar-refractivity contribution < 1.29 is 37.1 Å². The summed E-state index contributed by atoms with van der Waals surface area (Å²) < 4.78 is 41.7. The quantitative estimate of drug-likeness (QED) is 0.213. The molecule has 0 atom stereocenters. The van der Waals surface area contributed by atoms with Gasteiger partial charge in [0.2, 0.25) is 15.8 Å². The van der Waals surface area contributed by atoms with Crippen LogP contribution in [0.4, 0.5) is 11.4 Å². The second-order valence-corrected chi connectivity index (χ2v) is 7.93. The van der Waals surface area contributed by atoms with Crippen LogP contribution in [0.25, 0.3) is 0 Å². The SMILES string of the molecule is CNc1ccc(S(=O)(=O)NCC(=O)OCC(=O)c2ccc(OC)cc2OC)cc1[N+](=O)[O-]. The van der Waals surface area contributed by atoms with Crippen LogP contribution in [-0.2, 0) is 19.6 Å². The minimum absolute atomic E-state index is 0.126. The van der Waals surface area contributed by atoms with Gasteiger partial charge < -0.3 is 19.5 Å². The van der Waals surface area contributed by atoms with Gasteiger partial charge in [0.1, 0.15) is 23.7 Å². The normalized spacial score (nSPS) is 10.8. The Morgan fingerprint density at radius 2 is 1.81 bits per heavy atom. The molecule has 0 saturated carbocycles. The molecule has 0 amide bonds. The fourth-order valence-electron chi connectivity index (χ4n) is 2.58. The van der Waals surface area contributed by atoms with Crippen molar-refractivity contribution in [2.45, 2.75) is 4.90 Å². The largest absolute Gasteiger partial charge is 0.497 e. The molecule has 0 aliphatic heterocycles. The van der Waals surface area contributed by atoms with Gasteiger partial charge in [0.25, 0.3) is 5.69 Å². The van der Waals surface area contributed by atoms with E-state index < -0.39 is 50.4 Å². The first-order valence-electron chi connectivity index (χ1n) is 8.99. The lowest BCUT2D eigenvalue weighted by Crippen LogP contribution is -2.31. The van der Waals surface area contributed by atoms with Gasteiger partial charge in [-0.15, -0.1) is 0 Å². The monoisotopic (exact) mass is 467 g/mol. The van der Waals surface area contributed by atoms with E-state index in [1.807, 2.05) is 4.72 Å². The molecule has 2 aromatic carbocycles. The number of esters is 1. The number of Topliss-reactive ketones (excluding diaryl/α,β-unsaturated/α-hetero) is 1. The summed E-state index contributed by atoms with van der Waals surface area (Å²) >= 11 is 0. The van der Waals surface area contributed by atoms with Crippen LogP contribution in [0.3, 0.4) is 0 Å². The van der Waals surface area contributed by atoms with E-state index in [4.69, 9.17) is 14.2 Å². The van der Waals surface area contributed by atoms with E-state index in [0.717, 1.165) is 12.1 Å². The number of ketones is 1. The van der Waals surface area contributed by atoms with E-state index >= 15 is 0 Å². The van der Waals surface area contributed by atoms with Crippen LogP contribution in [0.2, 0.25) is 0 Å². The summed E-state index contributed by atoms with van der Waals surface area (Å²) in [6.45, 7) is -1.43. The van der Waals surface area contributed by atoms with Crippen LogP contribution in [0.15, 0.2) is 41.3 Å². The molecule has 0 bridgehead atoms. The smallest absolute Gasteiger partial charge is 0.321 e. The molecule has 0 saturated heterocycles. The lowest BCUT2D eigenvalue weighted by Gasteiger charge is -2.11. The summed E-state index contributed by atoms with van der Waals surface area (Å²) in [6.07, 6.45) is 0. The van der Waals surface area contributed by atoms with E-state index in [0.29, 0.717) is 5.75 Å². The number of benzene rings is 2. The Labute approximate surface area is 183 Å². The number of nitrogens with one attached hydrogen (secondary N) is 2. The van der Waals surface area contributed by atoms with Gasteiger partial charge in [-0.25, -0.2) is 8.42 Å². The number of anilines is 1. The molecular weight excluding hydrogens is 446 g/mol. The molecule has 2 N–H and O–H groups in total. The first kappa shape index (κ1) is 24.6. The number of nitro benzene ring substituents is 1. The molecule has 13 heteroatoms. The van der Waals surface area contributed by atoms with Gasteiger partial charge in [-0.3, -0.25) is 19.7 Å². The lowest BCUT2D eigenvalue weighted by atomic mass is 10.1. The molecule has 0 unspecified atom stereocenters. The summed E-state index contributed by atoms with van der Waals surface area (Å²) in [6, 6.07) is 7.70. The van der Waals surface area contributed by atoms with Crippen LogP contribution in [-0.4, -0.2) is 59.5 Å². The van der Waals surface area contributed by atoms with Crippen molar-refractivity contribution in [1.82, 2.24) is 4.72 Å². The lowest BCUT2D eigenvalue weighted by molar-refractivity contribution is -0.384. The topological polar surface area (TPSA) is 163 Å². The van der Waals surface area contributed by atoms with Crippen molar-refractivity contribution in [2.75, 3.05) is 39.7 Å². The Hall–Kier alpha value is -3.71. The molecule has 12 nitrogen and oxygen atoms in total. The van der Waals surface area contributed by atoms with Crippen molar-refractivity contribution in [3.8, 4) is 11.5 Å². The maximum atomic E-state index is 12.4. The van der Waals surface area contributed by atoms with E-state index in [1.54, 1.807) is 0 Å². The van der Waals surface area contributed by atoms with Crippen molar-refractivity contribution in [1.29, 1.82) is 0 Å². The maximum Gasteiger partial charge on any atom is 0.321 e. The first-order valence-corrected chi connectivity index (χ1v) is 10.5. The summed E-state index contributed by atoms with van der Waals surface area (Å²) in [5, 5.41) is 13.7. The summed E-state index contributed by atoms with van der Waals surface area (Å²) in [4.78, 5) is 34.2. The predicted molar refractivity (Wildman–Crippen MR) is 113 cm³/mol. The number of ether oxygens (including phenoxy) is 3. The van der Waals surface area contributed by atoms with Crippen molar-refractivity contribution in [2.24, 2.45) is 0 Å². The molecular formula is C19H21N3O9S. The van der Waals surface area contributed by atoms with Gasteiger partial charge in [0, 0.05) is 19.2 Å². The Bertz CT molecular complexity index is 1130. The molecule has 0 spiro atoms. The molecule has 0 radical (unpaired) electrons. The van der Waals surface area contributed by atoms with Crippen LogP contribution in [0.1, 0.15) is 10.4 Å². The molecule has 0 aromatic heterocycles. The summed E-state index contributed by atoms with van der Waals surface area (Å²) in [5.41, 5.74) is -0.170. The Kier molecular flexibility index (Phi) is 8.09. The highest BCUT2D eigenvalue weighted by molar-refractivity contribution is 7.89. The van der Waals surface area contributed by atoms with Gasteiger partial charge in [-0.1, -0.05) is 0 Å². The Balaban J connectivity index is 2.00. The molecule has 2 aromatic rings. The van der Waals surface area contributed by atoms with Crippen LogP contribution in [0.5, 0.6) is 11.5 Å². The maximum absolute atomic E-state index is 12.4. The third-order valence-electron chi connectivity index (χ3n) is 4.23. The van der Waals surface area contributed by atoms with Gasteiger partial charge in [0.15, 0.2) is 6.61 Å². The minimum Gasteiger partial charge on any atom is -0.497 e. The molecule has 172 valence electrons. The highest BCUT2D eigenvalue weighted by Crippen LogP contribution is 2.27. The molecule has 2 rings (SSSR count). The average molecular weight is 467 g/mol. The average Bonchev–Trinajstić information content (AvgIpc) is 2.80. The van der Waals surface area contributed by atoms with Gasteiger partial charge in [-0.2, -0.15) is 4.72 Å². The summed E-state index contributed by atoms with van der Waals surface area (Å²) in [7, 11) is 0.0163. The molecule has 32 heavy (non-hydrogen) atoms. The van der Waals surface area contributed by atoms with Crippen molar-refractivity contribution >= 4 is 33.2 Å². The number of nitro groups is 1. The molecule has 0 aliphatic rings. The van der Waals surface area contributed by atoms with E-state index in [2.05, 4.69) is 5.32 Å². The van der Waals surface area contributed by atoms with E-state index in [9.17, 15) is 28.1 Å². The number of nitrogens with zero attached hydrogens (tertiary/aromatic N) is 1. The molecule has 0 aliphatic carbocycles. The van der Waals surface area contributed by atoms with Crippen LogP contribution >= 0.6 is 0 Å². The van der Waals surface area contributed by atoms with Crippen molar-refractivity contribution in [3.05, 3.63) is 52.1 Å². The second-order valence-electron chi connectivity index (χ2n) is 6.16.